The van der Waals surface area contributed by atoms with Crippen LogP contribution in [0.15, 0.2) is 34.3 Å². The molecule has 0 aliphatic carbocycles. The van der Waals surface area contributed by atoms with Crippen molar-refractivity contribution >= 4 is 23.5 Å². The van der Waals surface area contributed by atoms with Crippen LogP contribution in [0.4, 0.5) is 5.69 Å². The van der Waals surface area contributed by atoms with Crippen molar-refractivity contribution in [3.05, 3.63) is 29.8 Å². The topological polar surface area (TPSA) is 123 Å². The molecule has 22 heavy (non-hydrogen) atoms. The molecule has 0 saturated carbocycles. The number of nitrogens with zero attached hydrogens (tertiary/aromatic N) is 3. The molecule has 1 aromatic rings. The summed E-state index contributed by atoms with van der Waals surface area (Å²) in [5, 5.41) is 0. The smallest absolute Gasteiger partial charge is 0.256 e. The zero-order chi connectivity index (χ0) is 16.1. The van der Waals surface area contributed by atoms with Crippen molar-refractivity contribution in [3.63, 3.8) is 0 Å². The number of hydrogen-bond donors (Lipinski definition) is 3. The predicted molar refractivity (Wildman–Crippen MR) is 87.9 cm³/mol. The summed E-state index contributed by atoms with van der Waals surface area (Å²) in [5.41, 5.74) is 17.2. The third kappa shape index (κ3) is 3.75. The van der Waals surface area contributed by atoms with E-state index in [1.54, 1.807) is 24.3 Å². The van der Waals surface area contributed by atoms with Crippen LogP contribution >= 0.6 is 0 Å². The zero-order valence-corrected chi connectivity index (χ0v) is 12.7. The first kappa shape index (κ1) is 15.8. The Bertz CT molecular complexity index is 606. The standard InChI is InChI=1S/C15H22N6O/c1-10-6-4-5-9-21(10)13(22)11-7-2-3-8-12(11)19-15(18)20-14(16)17/h2-3,7-8,10H,4-6,9H2,1H3,(H6,16,17,18,19,20). The summed E-state index contributed by atoms with van der Waals surface area (Å²) in [6, 6.07) is 7.28. The average Bonchev–Trinajstić information content (AvgIpc) is 2.46. The maximum atomic E-state index is 12.8. The average molecular weight is 302 g/mol. The van der Waals surface area contributed by atoms with E-state index in [0.717, 1.165) is 25.8 Å². The summed E-state index contributed by atoms with van der Waals surface area (Å²) >= 11 is 0. The van der Waals surface area contributed by atoms with Crippen molar-refractivity contribution in [3.8, 4) is 0 Å². The molecule has 1 amide bonds. The highest BCUT2D eigenvalue weighted by Gasteiger charge is 2.25. The maximum absolute atomic E-state index is 12.8. The summed E-state index contributed by atoms with van der Waals surface area (Å²) in [4.78, 5) is 22.5. The zero-order valence-electron chi connectivity index (χ0n) is 12.7. The van der Waals surface area contributed by atoms with E-state index in [1.807, 2.05) is 4.90 Å². The molecule has 2 rings (SSSR count). The van der Waals surface area contributed by atoms with Gasteiger partial charge in [0.2, 0.25) is 5.96 Å². The first-order valence-electron chi connectivity index (χ1n) is 7.33. The van der Waals surface area contributed by atoms with Crippen LogP contribution in [-0.4, -0.2) is 35.3 Å². The number of likely N-dealkylation sites (tertiary alicyclic amines) is 1. The Morgan fingerprint density at radius 2 is 1.95 bits per heavy atom. The molecule has 1 atom stereocenters. The van der Waals surface area contributed by atoms with E-state index >= 15 is 0 Å². The molecule has 118 valence electrons. The number of hydrogen-bond acceptors (Lipinski definition) is 2. The summed E-state index contributed by atoms with van der Waals surface area (Å²) in [6.07, 6.45) is 3.20. The van der Waals surface area contributed by atoms with Gasteiger partial charge >= 0.3 is 0 Å². The Kier molecular flexibility index (Phi) is 4.98. The quantitative estimate of drug-likeness (QED) is 0.555. The van der Waals surface area contributed by atoms with Crippen molar-refractivity contribution in [1.29, 1.82) is 0 Å². The molecule has 0 spiro atoms. The number of benzene rings is 1. The van der Waals surface area contributed by atoms with E-state index in [9.17, 15) is 4.79 Å². The van der Waals surface area contributed by atoms with Crippen molar-refractivity contribution < 1.29 is 4.79 Å². The highest BCUT2D eigenvalue weighted by molar-refractivity contribution is 6.01. The first-order valence-corrected chi connectivity index (χ1v) is 7.33. The Morgan fingerprint density at radius 1 is 1.23 bits per heavy atom. The lowest BCUT2D eigenvalue weighted by Gasteiger charge is -2.33. The number of rotatable bonds is 2. The number of piperidine rings is 1. The second kappa shape index (κ2) is 6.93. The van der Waals surface area contributed by atoms with E-state index in [-0.39, 0.29) is 23.9 Å². The largest absolute Gasteiger partial charge is 0.370 e. The molecule has 1 fully saturated rings. The number of carbonyl (C=O) groups is 1. The molecule has 1 aliphatic heterocycles. The van der Waals surface area contributed by atoms with Gasteiger partial charge in [-0.15, -0.1) is 0 Å². The van der Waals surface area contributed by atoms with Gasteiger partial charge in [-0.1, -0.05) is 12.1 Å². The minimum absolute atomic E-state index is 0.0379. The third-order valence-corrected chi connectivity index (χ3v) is 3.68. The fourth-order valence-electron chi connectivity index (χ4n) is 2.59. The van der Waals surface area contributed by atoms with Crippen LogP contribution < -0.4 is 17.2 Å². The summed E-state index contributed by atoms with van der Waals surface area (Å²) in [7, 11) is 0. The van der Waals surface area contributed by atoms with Gasteiger partial charge in [0, 0.05) is 12.6 Å². The van der Waals surface area contributed by atoms with Gasteiger partial charge in [0.1, 0.15) is 0 Å². The van der Waals surface area contributed by atoms with Crippen LogP contribution in [-0.2, 0) is 0 Å². The molecule has 0 radical (unpaired) electrons. The molecule has 6 N–H and O–H groups in total. The second-order valence-electron chi connectivity index (χ2n) is 5.37. The minimum Gasteiger partial charge on any atom is -0.370 e. The lowest BCUT2D eigenvalue weighted by Crippen LogP contribution is -2.42. The van der Waals surface area contributed by atoms with Crippen LogP contribution in [0.1, 0.15) is 36.5 Å². The molecule has 7 nitrogen and oxygen atoms in total. The van der Waals surface area contributed by atoms with Crippen LogP contribution in [0.5, 0.6) is 0 Å². The lowest BCUT2D eigenvalue weighted by atomic mass is 10.0. The Hall–Kier alpha value is -2.57. The van der Waals surface area contributed by atoms with Gasteiger partial charge in [0.25, 0.3) is 5.91 Å². The molecule has 1 aromatic carbocycles. The summed E-state index contributed by atoms with van der Waals surface area (Å²) in [6.45, 7) is 2.83. The monoisotopic (exact) mass is 302 g/mol. The van der Waals surface area contributed by atoms with E-state index in [0.29, 0.717) is 11.3 Å². The van der Waals surface area contributed by atoms with E-state index < -0.39 is 0 Å². The van der Waals surface area contributed by atoms with Gasteiger partial charge in [-0.25, -0.2) is 4.99 Å². The van der Waals surface area contributed by atoms with Crippen molar-refractivity contribution in [2.45, 2.75) is 32.2 Å². The lowest BCUT2D eigenvalue weighted by molar-refractivity contribution is 0.0636. The SMILES string of the molecule is CC1CCCCN1C(=O)c1ccccc1N=C(N)N=C(N)N. The third-order valence-electron chi connectivity index (χ3n) is 3.68. The number of amides is 1. The summed E-state index contributed by atoms with van der Waals surface area (Å²) in [5.74, 6) is -0.286. The van der Waals surface area contributed by atoms with E-state index in [4.69, 9.17) is 17.2 Å². The molecule has 1 saturated heterocycles. The number of guanidine groups is 2. The minimum atomic E-state index is -0.172. The molecule has 0 aromatic heterocycles. The number of aliphatic imine (C=N–C) groups is 2. The normalized spacial score (nSPS) is 18.9. The maximum Gasteiger partial charge on any atom is 0.256 e. The first-order chi connectivity index (χ1) is 10.5. The van der Waals surface area contributed by atoms with Crippen LogP contribution in [0, 0.1) is 0 Å². The second-order valence-corrected chi connectivity index (χ2v) is 5.37. The van der Waals surface area contributed by atoms with Gasteiger partial charge in [-0.3, -0.25) is 4.79 Å². The van der Waals surface area contributed by atoms with Crippen LogP contribution in [0.25, 0.3) is 0 Å². The number of carbonyl (C=O) groups excluding carboxylic acids is 1. The van der Waals surface area contributed by atoms with Gasteiger partial charge in [0.05, 0.1) is 11.3 Å². The molecule has 1 aliphatic rings. The highest BCUT2D eigenvalue weighted by atomic mass is 16.2. The predicted octanol–water partition coefficient (Wildman–Crippen LogP) is 0.921. The Balaban J connectivity index is 2.32. The van der Waals surface area contributed by atoms with Gasteiger partial charge < -0.3 is 22.1 Å². The van der Waals surface area contributed by atoms with Gasteiger partial charge in [-0.2, -0.15) is 4.99 Å². The summed E-state index contributed by atoms with van der Waals surface area (Å²) < 4.78 is 0. The molecule has 1 unspecified atom stereocenters. The molecule has 1 heterocycles. The number of nitrogens with two attached hydrogens (primary N) is 3. The molecular formula is C15H22N6O. The Labute approximate surface area is 129 Å². The molecule has 0 bridgehead atoms. The number of para-hydroxylation sites is 1. The van der Waals surface area contributed by atoms with Crippen LogP contribution in [0.3, 0.4) is 0 Å². The Morgan fingerprint density at radius 3 is 2.64 bits per heavy atom. The van der Waals surface area contributed by atoms with E-state index in [2.05, 4.69) is 16.9 Å². The van der Waals surface area contributed by atoms with Crippen molar-refractivity contribution in [1.82, 2.24) is 4.90 Å². The van der Waals surface area contributed by atoms with Gasteiger partial charge in [0.15, 0.2) is 5.96 Å². The fourth-order valence-corrected chi connectivity index (χ4v) is 2.59. The van der Waals surface area contributed by atoms with E-state index in [1.165, 1.54) is 0 Å². The molecular weight excluding hydrogens is 280 g/mol. The highest BCUT2D eigenvalue weighted by Crippen LogP contribution is 2.24. The van der Waals surface area contributed by atoms with Crippen molar-refractivity contribution in [2.24, 2.45) is 27.2 Å². The fraction of sp³-hybridized carbons (Fsp3) is 0.400. The van der Waals surface area contributed by atoms with Crippen LogP contribution in [0.2, 0.25) is 0 Å². The van der Waals surface area contributed by atoms with Crippen molar-refractivity contribution in [2.75, 3.05) is 6.54 Å². The van der Waals surface area contributed by atoms with Gasteiger partial charge in [-0.05, 0) is 38.3 Å². The molecule has 7 heteroatoms.